The maximum atomic E-state index is 12.7. The van der Waals surface area contributed by atoms with E-state index in [4.69, 9.17) is 4.74 Å². The predicted octanol–water partition coefficient (Wildman–Crippen LogP) is 3.52. The molecule has 1 aromatic carbocycles. The molecule has 0 bridgehead atoms. The summed E-state index contributed by atoms with van der Waals surface area (Å²) in [5, 5.41) is 3.03. The number of hydrogen-bond donors (Lipinski definition) is 2. The molecule has 1 saturated carbocycles. The van der Waals surface area contributed by atoms with Gasteiger partial charge in [-0.3, -0.25) is 4.79 Å². The van der Waals surface area contributed by atoms with Crippen molar-refractivity contribution < 1.29 is 17.9 Å². The molecule has 0 spiro atoms. The molecule has 1 saturated heterocycles. The quantitative estimate of drug-likeness (QED) is 0.715. The summed E-state index contributed by atoms with van der Waals surface area (Å²) in [6, 6.07) is 7.88. The van der Waals surface area contributed by atoms with Crippen molar-refractivity contribution in [2.24, 2.45) is 5.92 Å². The number of morpholine rings is 1. The molecule has 0 aromatic heterocycles. The number of carbonyl (C=O) groups is 1. The van der Waals surface area contributed by atoms with Gasteiger partial charge in [0.25, 0.3) is 0 Å². The lowest BCUT2D eigenvalue weighted by molar-refractivity contribution is -0.120. The predicted molar refractivity (Wildman–Crippen MR) is 125 cm³/mol. The van der Waals surface area contributed by atoms with Crippen LogP contribution in [0.25, 0.3) is 0 Å². The molecule has 2 aliphatic rings. The van der Waals surface area contributed by atoms with E-state index in [0.29, 0.717) is 25.7 Å². The first kappa shape index (κ1) is 24.0. The van der Waals surface area contributed by atoms with Crippen LogP contribution in [0.15, 0.2) is 24.3 Å². The van der Waals surface area contributed by atoms with E-state index >= 15 is 0 Å². The minimum Gasteiger partial charge on any atom is -0.372 e. The van der Waals surface area contributed by atoms with Gasteiger partial charge in [-0.1, -0.05) is 0 Å². The van der Waals surface area contributed by atoms with Crippen LogP contribution >= 0.6 is 0 Å². The van der Waals surface area contributed by atoms with Crippen LogP contribution in [0, 0.1) is 5.92 Å². The van der Waals surface area contributed by atoms with E-state index in [2.05, 4.69) is 28.8 Å². The van der Waals surface area contributed by atoms with Crippen LogP contribution in [-0.4, -0.2) is 50.4 Å². The molecule has 1 aromatic rings. The van der Waals surface area contributed by atoms with Gasteiger partial charge in [0.2, 0.25) is 15.9 Å². The number of hydrogen-bond acceptors (Lipinski definition) is 5. The number of rotatable bonds is 5. The lowest BCUT2D eigenvalue weighted by atomic mass is 9.86. The SMILES string of the molecule is C[C@@H]1CN(c2ccc(NC(=O)C3CCC(NS(=O)(=O)C(C)(C)C)CC3)cc2)C[C@H](C)O1. The average Bonchev–Trinajstić information content (AvgIpc) is 2.67. The summed E-state index contributed by atoms with van der Waals surface area (Å²) in [5.41, 5.74) is 1.92. The monoisotopic (exact) mass is 451 g/mol. The number of amides is 1. The minimum atomic E-state index is -3.37. The lowest BCUT2D eigenvalue weighted by Gasteiger charge is -2.37. The summed E-state index contributed by atoms with van der Waals surface area (Å²) >= 11 is 0. The Morgan fingerprint density at radius 3 is 2.06 bits per heavy atom. The second-order valence-electron chi connectivity index (χ2n) is 9.98. The van der Waals surface area contributed by atoms with Crippen LogP contribution in [0.3, 0.4) is 0 Å². The number of nitrogens with one attached hydrogen (secondary N) is 2. The van der Waals surface area contributed by atoms with Crippen molar-refractivity contribution in [2.45, 2.75) is 83.3 Å². The molecule has 31 heavy (non-hydrogen) atoms. The van der Waals surface area contributed by atoms with E-state index in [1.807, 2.05) is 24.3 Å². The van der Waals surface area contributed by atoms with E-state index in [9.17, 15) is 13.2 Å². The van der Waals surface area contributed by atoms with E-state index in [-0.39, 0.29) is 30.1 Å². The molecule has 2 atom stereocenters. The minimum absolute atomic E-state index is 0.0125. The Bertz CT molecular complexity index is 846. The van der Waals surface area contributed by atoms with Crippen LogP contribution in [0.2, 0.25) is 0 Å². The van der Waals surface area contributed by atoms with Crippen LogP contribution in [0.1, 0.15) is 60.3 Å². The summed E-state index contributed by atoms with van der Waals surface area (Å²) in [4.78, 5) is 15.0. The van der Waals surface area contributed by atoms with Gasteiger partial charge in [0.15, 0.2) is 0 Å². The van der Waals surface area contributed by atoms with E-state index in [1.54, 1.807) is 20.8 Å². The van der Waals surface area contributed by atoms with Gasteiger partial charge in [-0.15, -0.1) is 0 Å². The van der Waals surface area contributed by atoms with E-state index in [1.165, 1.54) is 0 Å². The fraction of sp³-hybridized carbons (Fsp3) is 0.696. The summed E-state index contributed by atoms with van der Waals surface area (Å²) in [5.74, 6) is -0.0745. The Kier molecular flexibility index (Phi) is 7.33. The number of benzene rings is 1. The fourth-order valence-corrected chi connectivity index (χ4v) is 5.29. The highest BCUT2D eigenvalue weighted by atomic mass is 32.2. The molecule has 174 valence electrons. The molecule has 0 unspecified atom stereocenters. The molecule has 2 N–H and O–H groups in total. The van der Waals surface area contributed by atoms with Gasteiger partial charge in [0.1, 0.15) is 0 Å². The van der Waals surface area contributed by atoms with Crippen molar-refractivity contribution in [1.29, 1.82) is 0 Å². The van der Waals surface area contributed by atoms with Crippen molar-refractivity contribution >= 4 is 27.3 Å². The first-order valence-corrected chi connectivity index (χ1v) is 12.8. The second kappa shape index (κ2) is 9.46. The second-order valence-corrected chi connectivity index (χ2v) is 12.4. The van der Waals surface area contributed by atoms with Gasteiger partial charge < -0.3 is 15.0 Å². The zero-order valence-corrected chi connectivity index (χ0v) is 20.2. The maximum Gasteiger partial charge on any atom is 0.227 e. The third-order valence-electron chi connectivity index (χ3n) is 6.15. The van der Waals surface area contributed by atoms with Gasteiger partial charge >= 0.3 is 0 Å². The van der Waals surface area contributed by atoms with Crippen molar-refractivity contribution in [1.82, 2.24) is 4.72 Å². The number of anilines is 2. The molecule has 2 fully saturated rings. The van der Waals surface area contributed by atoms with Crippen molar-refractivity contribution in [3.8, 4) is 0 Å². The molecule has 8 heteroatoms. The number of nitrogens with zero attached hydrogens (tertiary/aromatic N) is 1. The third-order valence-corrected chi connectivity index (χ3v) is 8.40. The molecular weight excluding hydrogens is 414 g/mol. The summed E-state index contributed by atoms with van der Waals surface area (Å²) in [7, 11) is -3.37. The zero-order valence-electron chi connectivity index (χ0n) is 19.3. The van der Waals surface area contributed by atoms with E-state index in [0.717, 1.165) is 24.5 Å². The Labute approximate surface area is 187 Å². The first-order chi connectivity index (χ1) is 14.4. The van der Waals surface area contributed by atoms with Crippen molar-refractivity contribution in [3.63, 3.8) is 0 Å². The average molecular weight is 452 g/mol. The zero-order chi connectivity index (χ0) is 22.8. The normalized spacial score (nSPS) is 27.7. The maximum absolute atomic E-state index is 12.7. The molecule has 1 heterocycles. The Morgan fingerprint density at radius 2 is 1.55 bits per heavy atom. The highest BCUT2D eigenvalue weighted by molar-refractivity contribution is 7.90. The lowest BCUT2D eigenvalue weighted by Crippen LogP contribution is -2.46. The van der Waals surface area contributed by atoms with Gasteiger partial charge in [-0.2, -0.15) is 0 Å². The number of ether oxygens (including phenoxy) is 1. The van der Waals surface area contributed by atoms with Gasteiger partial charge in [-0.05, 0) is 84.6 Å². The van der Waals surface area contributed by atoms with Crippen LogP contribution in [-0.2, 0) is 19.6 Å². The number of carbonyl (C=O) groups excluding carboxylic acids is 1. The number of sulfonamides is 1. The molecule has 0 radical (unpaired) electrons. The molecule has 1 aliphatic heterocycles. The van der Waals surface area contributed by atoms with Gasteiger partial charge in [-0.25, -0.2) is 13.1 Å². The summed E-state index contributed by atoms with van der Waals surface area (Å²) in [6.45, 7) is 11.0. The summed E-state index contributed by atoms with van der Waals surface area (Å²) in [6.07, 6.45) is 3.13. The van der Waals surface area contributed by atoms with Crippen molar-refractivity contribution in [3.05, 3.63) is 24.3 Å². The fourth-order valence-electron chi connectivity index (χ4n) is 4.26. The van der Waals surface area contributed by atoms with Gasteiger partial charge in [0, 0.05) is 36.4 Å². The third kappa shape index (κ3) is 6.20. The van der Waals surface area contributed by atoms with Gasteiger partial charge in [0.05, 0.1) is 17.0 Å². The Balaban J connectivity index is 1.50. The standard InChI is InChI=1S/C23H37N3O4S/c1-16-14-26(15-17(2)30-16)21-12-10-19(11-13-21)24-22(27)18-6-8-20(9-7-18)25-31(28,29)23(3,4)5/h10-13,16-18,20,25H,6-9,14-15H2,1-5H3,(H,24,27)/t16-,17+,18?,20?. The smallest absolute Gasteiger partial charge is 0.227 e. The van der Waals surface area contributed by atoms with Crippen LogP contribution in [0.4, 0.5) is 11.4 Å². The molecule has 1 amide bonds. The topological polar surface area (TPSA) is 87.7 Å². The Morgan fingerprint density at radius 1 is 1.00 bits per heavy atom. The molecular formula is C23H37N3O4S. The van der Waals surface area contributed by atoms with E-state index < -0.39 is 14.8 Å². The highest BCUT2D eigenvalue weighted by Gasteiger charge is 2.34. The molecule has 3 rings (SSSR count). The first-order valence-electron chi connectivity index (χ1n) is 11.3. The van der Waals surface area contributed by atoms with Crippen molar-refractivity contribution in [2.75, 3.05) is 23.3 Å². The molecule has 1 aliphatic carbocycles. The largest absolute Gasteiger partial charge is 0.372 e. The highest BCUT2D eigenvalue weighted by Crippen LogP contribution is 2.28. The Hall–Kier alpha value is -1.64. The summed E-state index contributed by atoms with van der Waals surface area (Å²) < 4.78 is 32.5. The van der Waals surface area contributed by atoms with Crippen LogP contribution < -0.4 is 14.9 Å². The molecule has 7 nitrogen and oxygen atoms in total. The van der Waals surface area contributed by atoms with Crippen LogP contribution in [0.5, 0.6) is 0 Å².